The van der Waals surface area contributed by atoms with Crippen LogP contribution in [-0.4, -0.2) is 24.6 Å². The van der Waals surface area contributed by atoms with Crippen molar-refractivity contribution in [2.75, 3.05) is 6.61 Å². The van der Waals surface area contributed by atoms with Crippen molar-refractivity contribution in [3.8, 4) is 0 Å². The Morgan fingerprint density at radius 1 is 0.905 bits per heavy atom. The van der Waals surface area contributed by atoms with Crippen LogP contribution in [0.5, 0.6) is 0 Å². The minimum absolute atomic E-state index is 0.0991. The van der Waals surface area contributed by atoms with E-state index in [4.69, 9.17) is 4.74 Å². The maximum atomic E-state index is 12.8. The SMILES string of the molecule is CCC(C)(OCC(C)CC(C)C)C(C(F)(F)F)C(F)(F)F. The van der Waals surface area contributed by atoms with Crippen molar-refractivity contribution in [3.63, 3.8) is 0 Å². The summed E-state index contributed by atoms with van der Waals surface area (Å²) in [6.45, 7) is 7.67. The predicted molar refractivity (Wildman–Crippen MR) is 68.9 cm³/mol. The van der Waals surface area contributed by atoms with Crippen LogP contribution in [0.25, 0.3) is 0 Å². The van der Waals surface area contributed by atoms with Gasteiger partial charge in [0.2, 0.25) is 0 Å². The molecule has 0 bridgehead atoms. The van der Waals surface area contributed by atoms with Gasteiger partial charge >= 0.3 is 12.4 Å². The Kier molecular flexibility index (Phi) is 7.04. The second kappa shape index (κ2) is 7.20. The number of halogens is 6. The topological polar surface area (TPSA) is 9.23 Å². The first-order chi connectivity index (χ1) is 9.24. The van der Waals surface area contributed by atoms with Crippen LogP contribution in [0.4, 0.5) is 26.3 Å². The van der Waals surface area contributed by atoms with Crippen LogP contribution in [-0.2, 0) is 4.74 Å². The Hall–Kier alpha value is -0.460. The number of hydrogen-bond acceptors (Lipinski definition) is 1. The molecular formula is C14H24F6O. The van der Waals surface area contributed by atoms with Crippen LogP contribution >= 0.6 is 0 Å². The van der Waals surface area contributed by atoms with E-state index in [0.717, 1.165) is 6.92 Å². The van der Waals surface area contributed by atoms with E-state index in [9.17, 15) is 26.3 Å². The van der Waals surface area contributed by atoms with Gasteiger partial charge in [-0.05, 0) is 31.6 Å². The summed E-state index contributed by atoms with van der Waals surface area (Å²) in [5, 5.41) is 0. The minimum Gasteiger partial charge on any atom is -0.374 e. The predicted octanol–water partition coefficient (Wildman–Crippen LogP) is 5.59. The fourth-order valence-electron chi connectivity index (χ4n) is 2.47. The van der Waals surface area contributed by atoms with E-state index in [2.05, 4.69) is 0 Å². The van der Waals surface area contributed by atoms with E-state index >= 15 is 0 Å². The molecule has 0 radical (unpaired) electrons. The summed E-state index contributed by atoms with van der Waals surface area (Å²) in [5.74, 6) is -3.27. The molecule has 0 aromatic rings. The van der Waals surface area contributed by atoms with E-state index in [1.807, 2.05) is 13.8 Å². The highest BCUT2D eigenvalue weighted by molar-refractivity contribution is 4.92. The lowest BCUT2D eigenvalue weighted by molar-refractivity contribution is -0.333. The molecule has 2 atom stereocenters. The maximum Gasteiger partial charge on any atom is 0.403 e. The molecule has 0 saturated carbocycles. The summed E-state index contributed by atoms with van der Waals surface area (Å²) >= 11 is 0. The van der Waals surface area contributed by atoms with Crippen LogP contribution in [0, 0.1) is 17.8 Å². The van der Waals surface area contributed by atoms with E-state index in [0.29, 0.717) is 12.3 Å². The third-order valence-corrected chi connectivity index (χ3v) is 3.54. The molecule has 0 heterocycles. The summed E-state index contributed by atoms with van der Waals surface area (Å²) in [5.41, 5.74) is -2.30. The van der Waals surface area contributed by atoms with Gasteiger partial charge in [-0.15, -0.1) is 0 Å². The smallest absolute Gasteiger partial charge is 0.374 e. The lowest BCUT2D eigenvalue weighted by Gasteiger charge is -2.39. The van der Waals surface area contributed by atoms with Crippen molar-refractivity contribution in [2.24, 2.45) is 17.8 Å². The van der Waals surface area contributed by atoms with Crippen molar-refractivity contribution < 1.29 is 31.1 Å². The van der Waals surface area contributed by atoms with Crippen LogP contribution in [0.15, 0.2) is 0 Å². The van der Waals surface area contributed by atoms with E-state index < -0.39 is 23.9 Å². The van der Waals surface area contributed by atoms with Crippen molar-refractivity contribution in [1.29, 1.82) is 0 Å². The molecule has 128 valence electrons. The van der Waals surface area contributed by atoms with Crippen molar-refractivity contribution >= 4 is 0 Å². The molecule has 0 aliphatic rings. The summed E-state index contributed by atoms with van der Waals surface area (Å²) in [4.78, 5) is 0. The summed E-state index contributed by atoms with van der Waals surface area (Å²) in [6, 6.07) is 0. The van der Waals surface area contributed by atoms with Gasteiger partial charge in [0.25, 0.3) is 0 Å². The first-order valence-electron chi connectivity index (χ1n) is 7.01. The van der Waals surface area contributed by atoms with E-state index in [1.165, 1.54) is 6.92 Å². The average Bonchev–Trinajstić information content (AvgIpc) is 2.21. The molecule has 21 heavy (non-hydrogen) atoms. The largest absolute Gasteiger partial charge is 0.403 e. The Labute approximate surface area is 122 Å². The first-order valence-corrected chi connectivity index (χ1v) is 7.01. The Balaban J connectivity index is 5.13. The highest BCUT2D eigenvalue weighted by Gasteiger charge is 2.65. The zero-order valence-electron chi connectivity index (χ0n) is 13.0. The second-order valence-electron chi connectivity index (χ2n) is 6.23. The van der Waals surface area contributed by atoms with Crippen LogP contribution < -0.4 is 0 Å². The van der Waals surface area contributed by atoms with Gasteiger partial charge in [0.05, 0.1) is 5.60 Å². The highest BCUT2D eigenvalue weighted by atomic mass is 19.4. The molecule has 0 spiro atoms. The van der Waals surface area contributed by atoms with Crippen molar-refractivity contribution in [2.45, 2.75) is 65.4 Å². The van der Waals surface area contributed by atoms with Gasteiger partial charge in [-0.3, -0.25) is 0 Å². The third kappa shape index (κ3) is 6.45. The molecule has 0 aliphatic carbocycles. The standard InChI is InChI=1S/C14H24F6O/c1-6-12(5,21-8-10(4)7-9(2)3)11(13(15,16)17)14(18,19)20/h9-11H,6-8H2,1-5H3. The quantitative estimate of drug-likeness (QED) is 0.555. The summed E-state index contributed by atoms with van der Waals surface area (Å²) < 4.78 is 82.1. The molecule has 0 aromatic heterocycles. The zero-order valence-corrected chi connectivity index (χ0v) is 13.0. The fraction of sp³-hybridized carbons (Fsp3) is 1.00. The van der Waals surface area contributed by atoms with E-state index in [1.54, 1.807) is 6.92 Å². The molecule has 0 fully saturated rings. The summed E-state index contributed by atoms with van der Waals surface area (Å²) in [7, 11) is 0. The van der Waals surface area contributed by atoms with Crippen molar-refractivity contribution in [1.82, 2.24) is 0 Å². The van der Waals surface area contributed by atoms with Crippen LogP contribution in [0.3, 0.4) is 0 Å². The van der Waals surface area contributed by atoms with Gasteiger partial charge in [0.15, 0.2) is 5.92 Å². The van der Waals surface area contributed by atoms with Crippen molar-refractivity contribution in [3.05, 3.63) is 0 Å². The Morgan fingerprint density at radius 2 is 1.33 bits per heavy atom. The Morgan fingerprint density at radius 3 is 1.62 bits per heavy atom. The molecule has 0 aromatic carbocycles. The number of hydrogen-bond donors (Lipinski definition) is 0. The van der Waals surface area contributed by atoms with Gasteiger partial charge in [0.1, 0.15) is 0 Å². The van der Waals surface area contributed by atoms with Crippen LogP contribution in [0.1, 0.15) is 47.5 Å². The highest BCUT2D eigenvalue weighted by Crippen LogP contribution is 2.48. The number of ether oxygens (including phenoxy) is 1. The molecule has 0 amide bonds. The molecule has 0 N–H and O–H groups in total. The molecule has 0 aliphatic heterocycles. The van der Waals surface area contributed by atoms with Gasteiger partial charge in [0, 0.05) is 6.61 Å². The lowest BCUT2D eigenvalue weighted by Crippen LogP contribution is -2.53. The lowest BCUT2D eigenvalue weighted by atomic mass is 9.85. The first kappa shape index (κ1) is 20.5. The maximum absolute atomic E-state index is 12.8. The normalized spacial score (nSPS) is 18.1. The molecule has 7 heteroatoms. The third-order valence-electron chi connectivity index (χ3n) is 3.54. The van der Waals surface area contributed by atoms with Gasteiger partial charge in [-0.25, -0.2) is 0 Å². The number of rotatable bonds is 7. The number of alkyl halides is 6. The molecule has 0 rings (SSSR count). The molecule has 2 unspecified atom stereocenters. The molecule has 0 saturated heterocycles. The van der Waals surface area contributed by atoms with Gasteiger partial charge in [-0.1, -0.05) is 27.7 Å². The van der Waals surface area contributed by atoms with E-state index in [-0.39, 0.29) is 18.9 Å². The fourth-order valence-corrected chi connectivity index (χ4v) is 2.47. The summed E-state index contributed by atoms with van der Waals surface area (Å²) in [6.07, 6.45) is -10.5. The van der Waals surface area contributed by atoms with Gasteiger partial charge in [-0.2, -0.15) is 26.3 Å². The monoisotopic (exact) mass is 322 g/mol. The Bertz CT molecular complexity index is 296. The second-order valence-corrected chi connectivity index (χ2v) is 6.23. The van der Waals surface area contributed by atoms with Crippen LogP contribution in [0.2, 0.25) is 0 Å². The minimum atomic E-state index is -5.38. The average molecular weight is 322 g/mol. The van der Waals surface area contributed by atoms with Gasteiger partial charge < -0.3 is 4.74 Å². The molecular weight excluding hydrogens is 298 g/mol. The molecule has 1 nitrogen and oxygen atoms in total. The zero-order chi connectivity index (χ0) is 17.1.